The van der Waals surface area contributed by atoms with Gasteiger partial charge in [-0.1, -0.05) is 19.0 Å². The highest BCUT2D eigenvalue weighted by Crippen LogP contribution is 2.23. The average Bonchev–Trinajstić information content (AvgIpc) is 3.10. The third kappa shape index (κ3) is 2.82. The highest BCUT2D eigenvalue weighted by Gasteiger charge is 2.16. The van der Waals surface area contributed by atoms with Crippen LogP contribution in [0.25, 0.3) is 11.4 Å². The highest BCUT2D eigenvalue weighted by molar-refractivity contribution is 5.55. The summed E-state index contributed by atoms with van der Waals surface area (Å²) in [5.41, 5.74) is 0.942. The number of benzene rings is 1. The van der Waals surface area contributed by atoms with Crippen LogP contribution in [0.15, 0.2) is 28.8 Å². The van der Waals surface area contributed by atoms with Gasteiger partial charge < -0.3 is 14.6 Å². The normalized spacial score (nSPS) is 18.6. The topological polar surface area (TPSA) is 60.2 Å². The average molecular weight is 273 g/mol. The van der Waals surface area contributed by atoms with Crippen LogP contribution in [-0.4, -0.2) is 29.3 Å². The van der Waals surface area contributed by atoms with Gasteiger partial charge in [0.2, 0.25) is 11.7 Å². The molecule has 0 amide bonds. The molecule has 2 aromatic rings. The second kappa shape index (κ2) is 5.63. The fourth-order valence-corrected chi connectivity index (χ4v) is 2.19. The molecule has 0 spiro atoms. The van der Waals surface area contributed by atoms with Crippen LogP contribution in [-0.2, 0) is 0 Å². The van der Waals surface area contributed by atoms with E-state index in [1.165, 1.54) is 0 Å². The lowest BCUT2D eigenvalue weighted by Crippen LogP contribution is -2.19. The lowest BCUT2D eigenvalue weighted by Gasteiger charge is -2.12. The van der Waals surface area contributed by atoms with Crippen LogP contribution in [0, 0.1) is 0 Å². The van der Waals surface area contributed by atoms with Crippen LogP contribution in [0.3, 0.4) is 0 Å². The molecule has 0 bridgehead atoms. The van der Waals surface area contributed by atoms with Crippen LogP contribution in [0.1, 0.15) is 32.1 Å². The van der Waals surface area contributed by atoms with Crippen LogP contribution in [0.5, 0.6) is 5.75 Å². The second-order valence-electron chi connectivity index (χ2n) is 5.37. The largest absolute Gasteiger partial charge is 0.489 e. The summed E-state index contributed by atoms with van der Waals surface area (Å²) < 4.78 is 11.1. The van der Waals surface area contributed by atoms with Gasteiger partial charge in [-0.05, 0) is 37.2 Å². The van der Waals surface area contributed by atoms with E-state index in [9.17, 15) is 0 Å². The van der Waals surface area contributed by atoms with Crippen LogP contribution in [0.4, 0.5) is 0 Å². The van der Waals surface area contributed by atoms with Crippen molar-refractivity contribution in [3.05, 3.63) is 30.2 Å². The number of nitrogens with zero attached hydrogens (tertiary/aromatic N) is 2. The summed E-state index contributed by atoms with van der Waals surface area (Å²) in [5, 5.41) is 7.29. The first-order valence-electron chi connectivity index (χ1n) is 7.04. The zero-order chi connectivity index (χ0) is 13.9. The van der Waals surface area contributed by atoms with Gasteiger partial charge in [0.05, 0.1) is 0 Å². The SMILES string of the molecule is CC(C)c1nc(-c2ccc(O[C@@H]3CCNC3)cc2)no1. The molecule has 2 heterocycles. The Labute approximate surface area is 118 Å². The van der Waals surface area contributed by atoms with Gasteiger partial charge >= 0.3 is 0 Å². The van der Waals surface area contributed by atoms with Crippen molar-refractivity contribution in [1.29, 1.82) is 0 Å². The smallest absolute Gasteiger partial charge is 0.229 e. The van der Waals surface area contributed by atoms with Gasteiger partial charge in [0.15, 0.2) is 0 Å². The van der Waals surface area contributed by atoms with Gasteiger partial charge in [-0.3, -0.25) is 0 Å². The fraction of sp³-hybridized carbons (Fsp3) is 0.467. The first kappa shape index (κ1) is 13.1. The Kier molecular flexibility index (Phi) is 3.69. The number of hydrogen-bond acceptors (Lipinski definition) is 5. The van der Waals surface area contributed by atoms with E-state index in [0.29, 0.717) is 11.7 Å². The zero-order valence-corrected chi connectivity index (χ0v) is 11.8. The molecule has 106 valence electrons. The first-order chi connectivity index (χ1) is 9.72. The molecule has 0 radical (unpaired) electrons. The van der Waals surface area contributed by atoms with Crippen LogP contribution < -0.4 is 10.1 Å². The van der Waals surface area contributed by atoms with E-state index in [2.05, 4.69) is 15.5 Å². The van der Waals surface area contributed by atoms with E-state index >= 15 is 0 Å². The van der Waals surface area contributed by atoms with Crippen molar-refractivity contribution in [2.75, 3.05) is 13.1 Å². The molecule has 1 fully saturated rings. The van der Waals surface area contributed by atoms with Crippen molar-refractivity contribution in [3.8, 4) is 17.1 Å². The van der Waals surface area contributed by atoms with Crippen LogP contribution >= 0.6 is 0 Å². The minimum Gasteiger partial charge on any atom is -0.489 e. The number of hydrogen-bond donors (Lipinski definition) is 1. The van der Waals surface area contributed by atoms with Crippen molar-refractivity contribution in [2.45, 2.75) is 32.3 Å². The van der Waals surface area contributed by atoms with Crippen molar-refractivity contribution >= 4 is 0 Å². The number of aromatic nitrogens is 2. The highest BCUT2D eigenvalue weighted by atomic mass is 16.5. The molecular weight excluding hydrogens is 254 g/mol. The molecular formula is C15H19N3O2. The lowest BCUT2D eigenvalue weighted by molar-refractivity contribution is 0.223. The maximum absolute atomic E-state index is 5.88. The number of ether oxygens (including phenoxy) is 1. The maximum Gasteiger partial charge on any atom is 0.229 e. The summed E-state index contributed by atoms with van der Waals surface area (Å²) in [4.78, 5) is 4.38. The molecule has 1 aliphatic heterocycles. The summed E-state index contributed by atoms with van der Waals surface area (Å²) in [6.07, 6.45) is 1.34. The third-order valence-electron chi connectivity index (χ3n) is 3.37. The molecule has 0 saturated carbocycles. The molecule has 5 nitrogen and oxygen atoms in total. The van der Waals surface area contributed by atoms with Gasteiger partial charge in [-0.15, -0.1) is 0 Å². The molecule has 1 aromatic heterocycles. The van der Waals surface area contributed by atoms with Crippen molar-refractivity contribution in [3.63, 3.8) is 0 Å². The van der Waals surface area contributed by atoms with Gasteiger partial charge in [-0.25, -0.2) is 0 Å². The van der Waals surface area contributed by atoms with Crippen molar-refractivity contribution < 1.29 is 9.26 Å². The Morgan fingerprint density at radius 3 is 2.70 bits per heavy atom. The Bertz CT molecular complexity index is 557. The third-order valence-corrected chi connectivity index (χ3v) is 3.37. The second-order valence-corrected chi connectivity index (χ2v) is 5.37. The van der Waals surface area contributed by atoms with Gasteiger partial charge in [0.25, 0.3) is 0 Å². The molecule has 1 N–H and O–H groups in total. The van der Waals surface area contributed by atoms with E-state index in [4.69, 9.17) is 9.26 Å². The summed E-state index contributed by atoms with van der Waals surface area (Å²) in [5.74, 6) is 2.42. The molecule has 0 aliphatic carbocycles. The summed E-state index contributed by atoms with van der Waals surface area (Å²) in [6, 6.07) is 7.84. The van der Waals surface area contributed by atoms with E-state index in [-0.39, 0.29) is 12.0 Å². The Hall–Kier alpha value is -1.88. The molecule has 0 unspecified atom stereocenters. The zero-order valence-electron chi connectivity index (χ0n) is 11.8. The minimum atomic E-state index is 0.244. The van der Waals surface area contributed by atoms with Gasteiger partial charge in [-0.2, -0.15) is 4.98 Å². The van der Waals surface area contributed by atoms with E-state index in [1.807, 2.05) is 38.1 Å². The molecule has 1 atom stereocenters. The van der Waals surface area contributed by atoms with E-state index < -0.39 is 0 Å². The number of rotatable bonds is 4. The van der Waals surface area contributed by atoms with Crippen molar-refractivity contribution in [1.82, 2.24) is 15.5 Å². The molecule has 3 rings (SSSR count). The Morgan fingerprint density at radius 2 is 2.10 bits per heavy atom. The summed E-state index contributed by atoms with van der Waals surface area (Å²) >= 11 is 0. The van der Waals surface area contributed by atoms with E-state index in [1.54, 1.807) is 0 Å². The summed E-state index contributed by atoms with van der Waals surface area (Å²) in [7, 11) is 0. The fourth-order valence-electron chi connectivity index (χ4n) is 2.19. The predicted octanol–water partition coefficient (Wildman–Crippen LogP) is 2.60. The van der Waals surface area contributed by atoms with E-state index in [0.717, 1.165) is 30.8 Å². The monoisotopic (exact) mass is 273 g/mol. The van der Waals surface area contributed by atoms with Gasteiger partial charge in [0, 0.05) is 18.0 Å². The Balaban J connectivity index is 1.71. The number of nitrogens with one attached hydrogen (secondary N) is 1. The Morgan fingerprint density at radius 1 is 1.30 bits per heavy atom. The predicted molar refractivity (Wildman–Crippen MR) is 75.7 cm³/mol. The first-order valence-corrected chi connectivity index (χ1v) is 7.04. The minimum absolute atomic E-state index is 0.244. The summed E-state index contributed by atoms with van der Waals surface area (Å²) in [6.45, 7) is 6.02. The molecule has 20 heavy (non-hydrogen) atoms. The lowest BCUT2D eigenvalue weighted by atomic mass is 10.2. The standard InChI is InChI=1S/C15H19N3O2/c1-10(2)15-17-14(18-20-15)11-3-5-12(6-4-11)19-13-7-8-16-9-13/h3-6,10,13,16H,7-9H2,1-2H3/t13-/m1/s1. The molecule has 1 saturated heterocycles. The molecule has 1 aromatic carbocycles. The van der Waals surface area contributed by atoms with Gasteiger partial charge in [0.1, 0.15) is 11.9 Å². The molecule has 5 heteroatoms. The van der Waals surface area contributed by atoms with Crippen molar-refractivity contribution in [2.24, 2.45) is 0 Å². The van der Waals surface area contributed by atoms with Crippen LogP contribution in [0.2, 0.25) is 0 Å². The quantitative estimate of drug-likeness (QED) is 0.927. The molecule has 1 aliphatic rings. The maximum atomic E-state index is 5.88.